The van der Waals surface area contributed by atoms with Crippen LogP contribution in [0.3, 0.4) is 0 Å². The second kappa shape index (κ2) is 5.97. The van der Waals surface area contributed by atoms with Gasteiger partial charge in [0.2, 0.25) is 0 Å². The van der Waals surface area contributed by atoms with Gasteiger partial charge in [-0.1, -0.05) is 28.1 Å². The Morgan fingerprint density at radius 3 is 2.59 bits per heavy atom. The van der Waals surface area contributed by atoms with Crippen LogP contribution in [0.5, 0.6) is 5.75 Å². The average molecular weight is 358 g/mol. The minimum Gasteiger partial charge on any atom is -0.494 e. The lowest BCUT2D eigenvalue weighted by Gasteiger charge is -2.06. The van der Waals surface area contributed by atoms with Gasteiger partial charge in [0.1, 0.15) is 5.75 Å². The Morgan fingerprint density at radius 2 is 1.91 bits per heavy atom. The molecule has 4 heteroatoms. The van der Waals surface area contributed by atoms with E-state index in [9.17, 15) is 4.79 Å². The van der Waals surface area contributed by atoms with Crippen LogP contribution in [-0.4, -0.2) is 12.5 Å². The van der Waals surface area contributed by atoms with Crippen LogP contribution >= 0.6 is 15.9 Å². The number of benzene rings is 2. The molecule has 3 nitrogen and oxygen atoms in total. The molecule has 1 heterocycles. The third-order valence-corrected chi connectivity index (χ3v) is 4.52. The molecule has 22 heavy (non-hydrogen) atoms. The molecule has 0 saturated heterocycles. The van der Waals surface area contributed by atoms with E-state index in [4.69, 9.17) is 4.74 Å². The van der Waals surface area contributed by atoms with Gasteiger partial charge < -0.3 is 10.1 Å². The first-order valence-corrected chi connectivity index (χ1v) is 7.95. The molecule has 2 aromatic rings. The van der Waals surface area contributed by atoms with Crippen LogP contribution in [0.25, 0.3) is 11.6 Å². The van der Waals surface area contributed by atoms with Crippen molar-refractivity contribution in [2.45, 2.75) is 13.8 Å². The summed E-state index contributed by atoms with van der Waals surface area (Å²) in [6, 6.07) is 11.6. The first-order chi connectivity index (χ1) is 10.6. The molecule has 0 unspecified atom stereocenters. The molecule has 1 aliphatic rings. The lowest BCUT2D eigenvalue weighted by molar-refractivity contribution is -0.110. The lowest BCUT2D eigenvalue weighted by atomic mass is 9.99. The Balaban J connectivity index is 2.02. The second-order valence-electron chi connectivity index (χ2n) is 5.11. The Labute approximate surface area is 138 Å². The Morgan fingerprint density at radius 1 is 1.18 bits per heavy atom. The summed E-state index contributed by atoms with van der Waals surface area (Å²) in [7, 11) is 0. The van der Waals surface area contributed by atoms with Crippen molar-refractivity contribution in [3.63, 3.8) is 0 Å². The van der Waals surface area contributed by atoms with Crippen LogP contribution in [0.1, 0.15) is 23.6 Å². The van der Waals surface area contributed by atoms with E-state index < -0.39 is 0 Å². The number of hydrogen-bond acceptors (Lipinski definition) is 2. The minimum absolute atomic E-state index is 0.0647. The van der Waals surface area contributed by atoms with Crippen molar-refractivity contribution >= 4 is 39.2 Å². The number of carbonyl (C=O) groups is 1. The van der Waals surface area contributed by atoms with Gasteiger partial charge in [-0.2, -0.15) is 0 Å². The first-order valence-electron chi connectivity index (χ1n) is 7.15. The Kier molecular flexibility index (Phi) is 4.03. The molecule has 0 aromatic heterocycles. The number of fused-ring (bicyclic) bond motifs is 1. The highest BCUT2D eigenvalue weighted by molar-refractivity contribution is 9.10. The van der Waals surface area contributed by atoms with Gasteiger partial charge in [0, 0.05) is 21.3 Å². The van der Waals surface area contributed by atoms with Gasteiger partial charge in [0.25, 0.3) is 5.91 Å². The monoisotopic (exact) mass is 357 g/mol. The molecule has 2 aromatic carbocycles. The first kappa shape index (κ1) is 14.9. The van der Waals surface area contributed by atoms with Crippen LogP contribution in [0, 0.1) is 6.92 Å². The summed E-state index contributed by atoms with van der Waals surface area (Å²) in [5.41, 5.74) is 4.56. The molecule has 1 aliphatic heterocycles. The van der Waals surface area contributed by atoms with Crippen molar-refractivity contribution in [1.82, 2.24) is 0 Å². The fourth-order valence-electron chi connectivity index (χ4n) is 2.57. The molecule has 0 atom stereocenters. The van der Waals surface area contributed by atoms with Gasteiger partial charge in [0.15, 0.2) is 0 Å². The number of hydrogen-bond donors (Lipinski definition) is 1. The number of carbonyl (C=O) groups excluding carboxylic acids is 1. The third-order valence-electron chi connectivity index (χ3n) is 3.66. The molecule has 0 bridgehead atoms. The van der Waals surface area contributed by atoms with Gasteiger partial charge in [-0.15, -0.1) is 0 Å². The van der Waals surface area contributed by atoms with Crippen molar-refractivity contribution in [2.24, 2.45) is 0 Å². The largest absolute Gasteiger partial charge is 0.494 e. The fraction of sp³-hybridized carbons (Fsp3) is 0.167. The number of rotatable bonds is 3. The maximum atomic E-state index is 12.2. The lowest BCUT2D eigenvalue weighted by Crippen LogP contribution is -2.03. The SMILES string of the molecule is CCOc1ccc(C=C2C(=O)Nc3ccc(Br)c(C)c32)cc1. The summed E-state index contributed by atoms with van der Waals surface area (Å²) in [5, 5.41) is 2.91. The summed E-state index contributed by atoms with van der Waals surface area (Å²) >= 11 is 3.53. The highest BCUT2D eigenvalue weighted by atomic mass is 79.9. The number of amides is 1. The fourth-order valence-corrected chi connectivity index (χ4v) is 2.90. The van der Waals surface area contributed by atoms with Crippen LogP contribution in [0.4, 0.5) is 5.69 Å². The van der Waals surface area contributed by atoms with Crippen molar-refractivity contribution in [2.75, 3.05) is 11.9 Å². The Bertz CT molecular complexity index is 763. The smallest absolute Gasteiger partial charge is 0.256 e. The highest BCUT2D eigenvalue weighted by Gasteiger charge is 2.26. The summed E-state index contributed by atoms with van der Waals surface area (Å²) in [5.74, 6) is 0.768. The summed E-state index contributed by atoms with van der Waals surface area (Å²) in [4.78, 5) is 12.2. The predicted octanol–water partition coefficient (Wildman–Crippen LogP) is 4.65. The van der Waals surface area contributed by atoms with Gasteiger partial charge in [-0.05, 0) is 55.3 Å². The third kappa shape index (κ3) is 2.66. The zero-order chi connectivity index (χ0) is 15.7. The molecule has 0 aliphatic carbocycles. The van der Waals surface area contributed by atoms with E-state index in [1.54, 1.807) is 0 Å². The van der Waals surface area contributed by atoms with Gasteiger partial charge in [-0.25, -0.2) is 0 Å². The normalized spacial score (nSPS) is 14.9. The van der Waals surface area contributed by atoms with Gasteiger partial charge in [0.05, 0.1) is 6.61 Å². The van der Waals surface area contributed by atoms with E-state index in [0.717, 1.165) is 32.6 Å². The maximum Gasteiger partial charge on any atom is 0.256 e. The molecule has 0 saturated carbocycles. The molecule has 0 radical (unpaired) electrons. The molecular formula is C18H16BrNO2. The molecule has 0 fully saturated rings. The quantitative estimate of drug-likeness (QED) is 0.812. The van der Waals surface area contributed by atoms with Gasteiger partial charge >= 0.3 is 0 Å². The highest BCUT2D eigenvalue weighted by Crippen LogP contribution is 2.38. The van der Waals surface area contributed by atoms with Crippen molar-refractivity contribution in [3.8, 4) is 5.75 Å². The minimum atomic E-state index is -0.0647. The van der Waals surface area contributed by atoms with Crippen molar-refractivity contribution in [3.05, 3.63) is 57.6 Å². The number of halogens is 1. The van der Waals surface area contributed by atoms with E-state index in [-0.39, 0.29) is 5.91 Å². The number of nitrogens with one attached hydrogen (secondary N) is 1. The number of anilines is 1. The van der Waals surface area contributed by atoms with Crippen molar-refractivity contribution < 1.29 is 9.53 Å². The topological polar surface area (TPSA) is 38.3 Å². The summed E-state index contributed by atoms with van der Waals surface area (Å²) < 4.78 is 6.44. The molecule has 3 rings (SSSR count). The molecule has 112 valence electrons. The zero-order valence-corrected chi connectivity index (χ0v) is 14.0. The van der Waals surface area contributed by atoms with Crippen LogP contribution in [0.15, 0.2) is 40.9 Å². The van der Waals surface area contributed by atoms with E-state index in [0.29, 0.717) is 12.2 Å². The second-order valence-corrected chi connectivity index (χ2v) is 5.96. The predicted molar refractivity (Wildman–Crippen MR) is 93.0 cm³/mol. The van der Waals surface area contributed by atoms with Crippen LogP contribution < -0.4 is 10.1 Å². The van der Waals surface area contributed by atoms with E-state index in [2.05, 4.69) is 21.2 Å². The maximum absolute atomic E-state index is 12.2. The molecule has 1 N–H and O–H groups in total. The van der Waals surface area contributed by atoms with Crippen LogP contribution in [0.2, 0.25) is 0 Å². The molecular weight excluding hydrogens is 342 g/mol. The van der Waals surface area contributed by atoms with E-state index in [1.165, 1.54) is 0 Å². The standard InChI is InChI=1S/C18H16BrNO2/c1-3-22-13-6-4-12(5-7-13)10-14-17-11(2)15(19)8-9-16(17)20-18(14)21/h4-10H,3H2,1-2H3,(H,20,21). The summed E-state index contributed by atoms with van der Waals surface area (Å²) in [6.45, 7) is 4.61. The van der Waals surface area contributed by atoms with Crippen LogP contribution in [-0.2, 0) is 4.79 Å². The average Bonchev–Trinajstić information content (AvgIpc) is 2.82. The Hall–Kier alpha value is -2.07. The molecule has 0 spiro atoms. The molecule has 1 amide bonds. The van der Waals surface area contributed by atoms with E-state index in [1.807, 2.05) is 56.3 Å². The van der Waals surface area contributed by atoms with Crippen molar-refractivity contribution in [1.29, 1.82) is 0 Å². The van der Waals surface area contributed by atoms with E-state index >= 15 is 0 Å². The number of ether oxygens (including phenoxy) is 1. The zero-order valence-electron chi connectivity index (χ0n) is 12.4. The van der Waals surface area contributed by atoms with Gasteiger partial charge in [-0.3, -0.25) is 4.79 Å². The summed E-state index contributed by atoms with van der Waals surface area (Å²) in [6.07, 6.45) is 1.91.